The number of hydrogen-bond donors (Lipinski definition) is 3. The van der Waals surface area contributed by atoms with E-state index in [0.29, 0.717) is 0 Å². The number of carboxylic acid groups (broad SMARTS) is 1. The first-order valence-corrected chi connectivity index (χ1v) is 5.39. The second kappa shape index (κ2) is 6.26. The largest absolute Gasteiger partial charge is 0.481 e. The molecule has 0 spiro atoms. The van der Waals surface area contributed by atoms with Crippen molar-refractivity contribution in [1.82, 2.24) is 5.32 Å². The predicted octanol–water partition coefficient (Wildman–Crippen LogP) is 0.343. The number of nitrogens with two attached hydrogens (primary N) is 1. The minimum absolute atomic E-state index is 0.135. The van der Waals surface area contributed by atoms with Crippen LogP contribution in [0.5, 0.6) is 0 Å². The molecule has 0 saturated carbocycles. The first kappa shape index (κ1) is 15.5. The Balaban J connectivity index is 4.60. The Morgan fingerprint density at radius 1 is 1.47 bits per heavy atom. The van der Waals surface area contributed by atoms with E-state index in [1.807, 2.05) is 20.8 Å². The van der Waals surface area contributed by atoms with E-state index in [2.05, 4.69) is 11.2 Å². The Morgan fingerprint density at radius 2 is 2.00 bits per heavy atom. The third kappa shape index (κ3) is 5.93. The van der Waals surface area contributed by atoms with Gasteiger partial charge in [0, 0.05) is 12.5 Å². The van der Waals surface area contributed by atoms with Gasteiger partial charge in [0.1, 0.15) is 0 Å². The Labute approximate surface area is 102 Å². The van der Waals surface area contributed by atoms with Crippen LogP contribution in [0.3, 0.4) is 0 Å². The number of nitrogens with one attached hydrogen (secondary N) is 1. The highest BCUT2D eigenvalue weighted by Gasteiger charge is 2.29. The van der Waals surface area contributed by atoms with Crippen LogP contribution in [-0.4, -0.2) is 29.1 Å². The van der Waals surface area contributed by atoms with Crippen LogP contribution >= 0.6 is 0 Å². The molecule has 5 heteroatoms. The van der Waals surface area contributed by atoms with Gasteiger partial charge < -0.3 is 16.2 Å². The molecule has 0 radical (unpaired) electrons. The van der Waals surface area contributed by atoms with Crippen molar-refractivity contribution in [3.8, 4) is 12.3 Å². The van der Waals surface area contributed by atoms with Crippen LogP contribution in [0.2, 0.25) is 0 Å². The third-order valence-corrected chi connectivity index (χ3v) is 2.42. The Bertz CT molecular complexity index is 326. The van der Waals surface area contributed by atoms with Gasteiger partial charge in [0.25, 0.3) is 0 Å². The van der Waals surface area contributed by atoms with Gasteiger partial charge in [-0.25, -0.2) is 0 Å². The molecule has 0 aliphatic rings. The molecule has 0 aromatic carbocycles. The maximum atomic E-state index is 11.6. The molecule has 5 nitrogen and oxygen atoms in total. The van der Waals surface area contributed by atoms with Gasteiger partial charge >= 0.3 is 5.97 Å². The van der Waals surface area contributed by atoms with Crippen LogP contribution in [0.4, 0.5) is 0 Å². The number of carbonyl (C=O) groups excluding carboxylic acids is 1. The highest BCUT2D eigenvalue weighted by atomic mass is 16.4. The molecule has 2 unspecified atom stereocenters. The average molecular weight is 240 g/mol. The Kier molecular flexibility index (Phi) is 5.69. The van der Waals surface area contributed by atoms with E-state index in [0.717, 1.165) is 0 Å². The molecule has 96 valence electrons. The lowest BCUT2D eigenvalue weighted by atomic mass is 9.84. The van der Waals surface area contributed by atoms with E-state index >= 15 is 0 Å². The molecule has 0 rings (SSSR count). The normalized spacial score (nSPS) is 14.5. The van der Waals surface area contributed by atoms with Crippen molar-refractivity contribution in [3.05, 3.63) is 0 Å². The van der Waals surface area contributed by atoms with Gasteiger partial charge in [-0.1, -0.05) is 20.8 Å². The maximum absolute atomic E-state index is 11.6. The third-order valence-electron chi connectivity index (χ3n) is 2.42. The Hall–Kier alpha value is -1.54. The molecule has 0 saturated heterocycles. The average Bonchev–Trinajstić information content (AvgIpc) is 2.14. The van der Waals surface area contributed by atoms with E-state index in [1.165, 1.54) is 0 Å². The molecular weight excluding hydrogens is 220 g/mol. The van der Waals surface area contributed by atoms with Gasteiger partial charge in [-0.05, 0) is 5.41 Å². The summed E-state index contributed by atoms with van der Waals surface area (Å²) in [7, 11) is 0. The van der Waals surface area contributed by atoms with E-state index in [1.54, 1.807) is 0 Å². The van der Waals surface area contributed by atoms with E-state index in [-0.39, 0.29) is 18.3 Å². The van der Waals surface area contributed by atoms with Crippen LogP contribution in [0, 0.1) is 17.8 Å². The molecule has 17 heavy (non-hydrogen) atoms. The first-order valence-electron chi connectivity index (χ1n) is 5.39. The van der Waals surface area contributed by atoms with Crippen molar-refractivity contribution in [2.24, 2.45) is 11.1 Å². The van der Waals surface area contributed by atoms with Crippen LogP contribution in [0.15, 0.2) is 0 Å². The van der Waals surface area contributed by atoms with Crippen LogP contribution in [0.25, 0.3) is 0 Å². The van der Waals surface area contributed by atoms with E-state index in [9.17, 15) is 9.59 Å². The second-order valence-corrected chi connectivity index (χ2v) is 5.04. The van der Waals surface area contributed by atoms with Crippen molar-refractivity contribution in [2.45, 2.75) is 45.7 Å². The van der Waals surface area contributed by atoms with Gasteiger partial charge in [0.2, 0.25) is 5.91 Å². The molecule has 0 heterocycles. The molecule has 0 aliphatic heterocycles. The van der Waals surface area contributed by atoms with Crippen LogP contribution < -0.4 is 11.1 Å². The quantitative estimate of drug-likeness (QED) is 0.604. The summed E-state index contributed by atoms with van der Waals surface area (Å²) in [5.74, 6) is 0.924. The lowest BCUT2D eigenvalue weighted by Gasteiger charge is -2.31. The molecular formula is C12H20N2O3. The zero-order chi connectivity index (χ0) is 13.6. The fourth-order valence-electron chi connectivity index (χ4n) is 1.25. The van der Waals surface area contributed by atoms with Crippen molar-refractivity contribution >= 4 is 11.9 Å². The SMILES string of the molecule is C#CCC(N)C(=O)NC(CC(=O)O)C(C)(C)C. The van der Waals surface area contributed by atoms with E-state index < -0.39 is 24.0 Å². The van der Waals surface area contributed by atoms with Crippen molar-refractivity contribution < 1.29 is 14.7 Å². The van der Waals surface area contributed by atoms with Crippen molar-refractivity contribution in [3.63, 3.8) is 0 Å². The minimum Gasteiger partial charge on any atom is -0.481 e. The topological polar surface area (TPSA) is 92.4 Å². The molecule has 1 amide bonds. The smallest absolute Gasteiger partial charge is 0.305 e. The monoisotopic (exact) mass is 240 g/mol. The zero-order valence-corrected chi connectivity index (χ0v) is 10.5. The highest BCUT2D eigenvalue weighted by molar-refractivity contribution is 5.82. The van der Waals surface area contributed by atoms with Crippen molar-refractivity contribution in [1.29, 1.82) is 0 Å². The van der Waals surface area contributed by atoms with Gasteiger partial charge in [-0.15, -0.1) is 12.3 Å². The van der Waals surface area contributed by atoms with Gasteiger partial charge in [0.15, 0.2) is 0 Å². The molecule has 2 atom stereocenters. The second-order valence-electron chi connectivity index (χ2n) is 5.04. The lowest BCUT2D eigenvalue weighted by Crippen LogP contribution is -2.50. The molecule has 4 N–H and O–H groups in total. The number of amides is 1. The molecule has 0 fully saturated rings. The van der Waals surface area contributed by atoms with Gasteiger partial charge in [-0.3, -0.25) is 9.59 Å². The van der Waals surface area contributed by atoms with E-state index in [4.69, 9.17) is 17.3 Å². The predicted molar refractivity (Wildman–Crippen MR) is 65.1 cm³/mol. The minimum atomic E-state index is -0.962. The number of carbonyl (C=O) groups is 2. The number of carboxylic acids is 1. The summed E-state index contributed by atoms with van der Waals surface area (Å²) in [6.07, 6.45) is 5.05. The lowest BCUT2D eigenvalue weighted by molar-refractivity contribution is -0.138. The highest BCUT2D eigenvalue weighted by Crippen LogP contribution is 2.21. The molecule has 0 aromatic heterocycles. The fourth-order valence-corrected chi connectivity index (χ4v) is 1.25. The summed E-state index contributed by atoms with van der Waals surface area (Å²) in [4.78, 5) is 22.4. The number of terminal acetylenes is 1. The summed E-state index contributed by atoms with van der Waals surface area (Å²) in [6.45, 7) is 5.56. The van der Waals surface area contributed by atoms with Crippen LogP contribution in [-0.2, 0) is 9.59 Å². The summed E-state index contributed by atoms with van der Waals surface area (Å²) < 4.78 is 0. The summed E-state index contributed by atoms with van der Waals surface area (Å²) in [5.41, 5.74) is 5.19. The van der Waals surface area contributed by atoms with Gasteiger partial charge in [-0.2, -0.15) is 0 Å². The summed E-state index contributed by atoms with van der Waals surface area (Å²) in [5, 5.41) is 11.4. The van der Waals surface area contributed by atoms with Gasteiger partial charge in [0.05, 0.1) is 12.5 Å². The Morgan fingerprint density at radius 3 is 2.35 bits per heavy atom. The fraction of sp³-hybridized carbons (Fsp3) is 0.667. The first-order chi connectivity index (χ1) is 7.68. The number of hydrogen-bond acceptors (Lipinski definition) is 3. The number of aliphatic carboxylic acids is 1. The van der Waals surface area contributed by atoms with Crippen LogP contribution in [0.1, 0.15) is 33.6 Å². The number of rotatable bonds is 5. The standard InChI is InChI=1S/C12H20N2O3/c1-5-6-8(13)11(17)14-9(7-10(15)16)12(2,3)4/h1,8-9H,6-7,13H2,2-4H3,(H,14,17)(H,15,16). The van der Waals surface area contributed by atoms with Crippen molar-refractivity contribution in [2.75, 3.05) is 0 Å². The molecule has 0 aliphatic carbocycles. The molecule has 0 bridgehead atoms. The maximum Gasteiger partial charge on any atom is 0.305 e. The summed E-state index contributed by atoms with van der Waals surface area (Å²) >= 11 is 0. The zero-order valence-electron chi connectivity index (χ0n) is 10.5. The molecule has 0 aromatic rings. The summed E-state index contributed by atoms with van der Waals surface area (Å²) in [6, 6.07) is -1.27.